The molecule has 0 radical (unpaired) electrons. The van der Waals surface area contributed by atoms with Crippen molar-refractivity contribution < 1.29 is 14.8 Å². The minimum absolute atomic E-state index is 0.0680. The molecule has 0 aliphatic heterocycles. The number of hydroxylamine groups is 1. The van der Waals surface area contributed by atoms with Gasteiger partial charge in [0.15, 0.2) is 0 Å². The van der Waals surface area contributed by atoms with Crippen molar-refractivity contribution in [2.75, 3.05) is 5.06 Å². The number of Topliss-reactive ketones (excluding diaryl/α,β-unsaturated/α-hetero) is 1. The van der Waals surface area contributed by atoms with Crippen LogP contribution in [0.25, 0.3) is 0 Å². The molecule has 0 aliphatic carbocycles. The zero-order valence-electron chi connectivity index (χ0n) is 9.79. The van der Waals surface area contributed by atoms with Crippen LogP contribution in [0, 0.1) is 0 Å². The van der Waals surface area contributed by atoms with E-state index in [0.29, 0.717) is 0 Å². The fourth-order valence-electron chi connectivity index (χ4n) is 1.54. The molecule has 0 heterocycles. The highest BCUT2D eigenvalue weighted by Gasteiger charge is 2.24. The number of hydrogen-bond acceptors (Lipinski definition) is 3. The first-order valence-electron chi connectivity index (χ1n) is 5.48. The summed E-state index contributed by atoms with van der Waals surface area (Å²) in [6, 6.07) is 14.2. The fourth-order valence-corrected chi connectivity index (χ4v) is 1.76. The number of hydrogen-bond donors (Lipinski definition) is 1. The molecule has 5 heteroatoms. The Bertz CT molecular complexity index is 613. The van der Waals surface area contributed by atoms with E-state index in [2.05, 4.69) is 0 Å². The highest BCUT2D eigenvalue weighted by atomic mass is 35.5. The molecular formula is C14H10ClNO3. The summed E-state index contributed by atoms with van der Waals surface area (Å²) in [5.74, 6) is -1.86. The minimum Gasteiger partial charge on any atom is -0.283 e. The zero-order chi connectivity index (χ0) is 13.8. The molecule has 19 heavy (non-hydrogen) atoms. The van der Waals surface area contributed by atoms with Gasteiger partial charge in [-0.15, -0.1) is 0 Å². The average Bonchev–Trinajstić information content (AvgIpc) is 2.46. The van der Waals surface area contributed by atoms with Crippen molar-refractivity contribution in [2.45, 2.75) is 0 Å². The first kappa shape index (κ1) is 13.3. The van der Waals surface area contributed by atoms with Crippen molar-refractivity contribution in [3.8, 4) is 0 Å². The van der Waals surface area contributed by atoms with Gasteiger partial charge in [0.2, 0.25) is 0 Å². The standard InChI is InChI=1S/C14H10ClNO3/c15-11-8-4-5-9-12(11)16(19)14(18)13(17)10-6-2-1-3-7-10/h1-9,19H. The molecule has 1 amide bonds. The summed E-state index contributed by atoms with van der Waals surface area (Å²) in [6.07, 6.45) is 0. The molecule has 2 aromatic rings. The molecule has 0 saturated heterocycles. The topological polar surface area (TPSA) is 57.6 Å². The largest absolute Gasteiger partial charge is 0.323 e. The highest BCUT2D eigenvalue weighted by molar-refractivity contribution is 6.47. The summed E-state index contributed by atoms with van der Waals surface area (Å²) in [5.41, 5.74) is 0.275. The molecule has 0 aliphatic rings. The van der Waals surface area contributed by atoms with Crippen molar-refractivity contribution >= 4 is 29.0 Å². The van der Waals surface area contributed by atoms with E-state index in [9.17, 15) is 14.8 Å². The van der Waals surface area contributed by atoms with Gasteiger partial charge < -0.3 is 0 Å². The Morgan fingerprint density at radius 2 is 1.53 bits per heavy atom. The molecule has 2 rings (SSSR count). The van der Waals surface area contributed by atoms with Crippen molar-refractivity contribution in [3.05, 3.63) is 65.2 Å². The minimum atomic E-state index is -1.06. The quantitative estimate of drug-likeness (QED) is 0.405. The van der Waals surface area contributed by atoms with Crippen molar-refractivity contribution in [2.24, 2.45) is 0 Å². The maximum Gasteiger partial charge on any atom is 0.323 e. The van der Waals surface area contributed by atoms with Gasteiger partial charge in [0, 0.05) is 5.56 Å². The molecule has 96 valence electrons. The number of anilines is 1. The molecule has 0 saturated carbocycles. The maximum absolute atomic E-state index is 11.9. The van der Waals surface area contributed by atoms with Crippen LogP contribution in [0.4, 0.5) is 5.69 Å². The summed E-state index contributed by atoms with van der Waals surface area (Å²) in [5, 5.41) is 10.2. The van der Waals surface area contributed by atoms with Crippen LogP contribution in [0.15, 0.2) is 54.6 Å². The van der Waals surface area contributed by atoms with Crippen molar-refractivity contribution in [1.29, 1.82) is 0 Å². The number of benzene rings is 2. The lowest BCUT2D eigenvalue weighted by Gasteiger charge is -2.15. The number of carbonyl (C=O) groups excluding carboxylic acids is 2. The molecular weight excluding hydrogens is 266 g/mol. The number of rotatable bonds is 3. The third-order valence-electron chi connectivity index (χ3n) is 2.50. The normalized spacial score (nSPS) is 10.0. The van der Waals surface area contributed by atoms with Gasteiger partial charge in [0.1, 0.15) is 0 Å². The predicted molar refractivity (Wildman–Crippen MR) is 71.5 cm³/mol. The van der Waals surface area contributed by atoms with Crippen LogP contribution in [0.3, 0.4) is 0 Å². The lowest BCUT2D eigenvalue weighted by molar-refractivity contribution is -0.119. The predicted octanol–water partition coefficient (Wildman–Crippen LogP) is 2.95. The third kappa shape index (κ3) is 2.81. The van der Waals surface area contributed by atoms with E-state index >= 15 is 0 Å². The van der Waals surface area contributed by atoms with Crippen LogP contribution < -0.4 is 5.06 Å². The monoisotopic (exact) mass is 275 g/mol. The fraction of sp³-hybridized carbons (Fsp3) is 0. The van der Waals surface area contributed by atoms with Crippen molar-refractivity contribution in [3.63, 3.8) is 0 Å². The van der Waals surface area contributed by atoms with Crippen LogP contribution in [-0.4, -0.2) is 16.9 Å². The van der Waals surface area contributed by atoms with Gasteiger partial charge in [0.25, 0.3) is 5.78 Å². The Labute approximate surface area is 114 Å². The molecule has 0 atom stereocenters. The van der Waals surface area contributed by atoms with Gasteiger partial charge in [-0.05, 0) is 12.1 Å². The van der Waals surface area contributed by atoms with E-state index in [0.717, 1.165) is 0 Å². The lowest BCUT2D eigenvalue weighted by Crippen LogP contribution is -2.34. The third-order valence-corrected chi connectivity index (χ3v) is 2.82. The van der Waals surface area contributed by atoms with Crippen LogP contribution >= 0.6 is 11.6 Å². The van der Waals surface area contributed by atoms with Crippen LogP contribution in [0.2, 0.25) is 5.02 Å². The highest BCUT2D eigenvalue weighted by Crippen LogP contribution is 2.24. The number of amides is 1. The van der Waals surface area contributed by atoms with E-state index in [4.69, 9.17) is 11.6 Å². The molecule has 1 N–H and O–H groups in total. The Morgan fingerprint density at radius 3 is 2.16 bits per heavy atom. The molecule has 0 spiro atoms. The van der Waals surface area contributed by atoms with Gasteiger partial charge in [0.05, 0.1) is 10.7 Å². The first-order chi connectivity index (χ1) is 9.11. The summed E-state index contributed by atoms with van der Waals surface area (Å²) < 4.78 is 0. The van der Waals surface area contributed by atoms with E-state index in [1.54, 1.807) is 30.3 Å². The van der Waals surface area contributed by atoms with Gasteiger partial charge >= 0.3 is 5.91 Å². The summed E-state index contributed by atoms with van der Waals surface area (Å²) >= 11 is 5.85. The molecule has 2 aromatic carbocycles. The lowest BCUT2D eigenvalue weighted by atomic mass is 10.1. The van der Waals surface area contributed by atoms with E-state index in [1.807, 2.05) is 0 Å². The van der Waals surface area contributed by atoms with Gasteiger partial charge in [-0.3, -0.25) is 14.8 Å². The van der Waals surface area contributed by atoms with E-state index in [-0.39, 0.29) is 21.3 Å². The first-order valence-corrected chi connectivity index (χ1v) is 5.86. The zero-order valence-corrected chi connectivity index (χ0v) is 10.5. The Morgan fingerprint density at radius 1 is 0.947 bits per heavy atom. The van der Waals surface area contributed by atoms with Crippen LogP contribution in [0.5, 0.6) is 0 Å². The molecule has 0 bridgehead atoms. The SMILES string of the molecule is O=C(C(=O)N(O)c1ccccc1Cl)c1ccccc1. The van der Waals surface area contributed by atoms with Gasteiger partial charge in [-0.2, -0.15) is 5.06 Å². The second-order valence-corrected chi connectivity index (χ2v) is 4.17. The Kier molecular flexibility index (Phi) is 3.94. The second kappa shape index (κ2) is 5.65. The van der Waals surface area contributed by atoms with Gasteiger partial charge in [-0.1, -0.05) is 54.1 Å². The number of para-hydroxylation sites is 1. The summed E-state index contributed by atoms with van der Waals surface area (Å²) in [4.78, 5) is 23.7. The van der Waals surface area contributed by atoms with Crippen molar-refractivity contribution in [1.82, 2.24) is 0 Å². The molecule has 0 unspecified atom stereocenters. The summed E-state index contributed by atoms with van der Waals surface area (Å²) in [6.45, 7) is 0. The second-order valence-electron chi connectivity index (χ2n) is 3.76. The smallest absolute Gasteiger partial charge is 0.283 e. The van der Waals surface area contributed by atoms with Crippen LogP contribution in [-0.2, 0) is 4.79 Å². The number of carbonyl (C=O) groups is 2. The number of ketones is 1. The molecule has 0 fully saturated rings. The molecule has 4 nitrogen and oxygen atoms in total. The Hall–Kier alpha value is -2.17. The Balaban J connectivity index is 2.26. The summed E-state index contributed by atoms with van der Waals surface area (Å²) in [7, 11) is 0. The average molecular weight is 276 g/mol. The van der Waals surface area contributed by atoms with E-state index < -0.39 is 11.7 Å². The molecule has 0 aromatic heterocycles. The number of halogens is 1. The number of nitrogens with zero attached hydrogens (tertiary/aromatic N) is 1. The maximum atomic E-state index is 11.9. The van der Waals surface area contributed by atoms with E-state index in [1.165, 1.54) is 24.3 Å². The van der Waals surface area contributed by atoms with Gasteiger partial charge in [-0.25, -0.2) is 0 Å². The van der Waals surface area contributed by atoms with Crippen LogP contribution in [0.1, 0.15) is 10.4 Å².